The van der Waals surface area contributed by atoms with Crippen LogP contribution in [0, 0.1) is 0 Å². The molecule has 1 unspecified atom stereocenters. The van der Waals surface area contributed by atoms with E-state index in [1.54, 1.807) is 0 Å². The van der Waals surface area contributed by atoms with Crippen LogP contribution in [0.25, 0.3) is 0 Å². The summed E-state index contributed by atoms with van der Waals surface area (Å²) in [5.41, 5.74) is 0.442. The Bertz CT molecular complexity index is 508. The molecule has 1 saturated heterocycles. The Hall–Kier alpha value is -2.22. The minimum atomic E-state index is -2.89. The fraction of sp³-hybridized carbons (Fsp3) is 0.385. The maximum absolute atomic E-state index is 12.0. The Balaban J connectivity index is 1.86. The smallest absolute Gasteiger partial charge is 0.387 e. The van der Waals surface area contributed by atoms with Crippen LogP contribution in [0.4, 0.5) is 14.5 Å². The van der Waals surface area contributed by atoms with Gasteiger partial charge in [-0.1, -0.05) is 0 Å². The molecule has 1 aliphatic heterocycles. The molecule has 0 radical (unpaired) electrons. The van der Waals surface area contributed by atoms with Gasteiger partial charge in [-0.25, -0.2) is 0 Å². The van der Waals surface area contributed by atoms with Crippen LogP contribution in [0.5, 0.6) is 5.75 Å². The number of carbonyl (C=O) groups is 2. The molecular formula is C13H15F2N3O3. The number of benzene rings is 1. The van der Waals surface area contributed by atoms with Crippen molar-refractivity contribution in [2.24, 2.45) is 0 Å². The van der Waals surface area contributed by atoms with E-state index < -0.39 is 12.7 Å². The molecule has 6 nitrogen and oxygen atoms in total. The van der Waals surface area contributed by atoms with Gasteiger partial charge in [0.1, 0.15) is 5.75 Å². The summed E-state index contributed by atoms with van der Waals surface area (Å²) < 4.78 is 28.2. The van der Waals surface area contributed by atoms with E-state index in [1.807, 2.05) is 0 Å². The van der Waals surface area contributed by atoms with E-state index in [4.69, 9.17) is 0 Å². The zero-order valence-corrected chi connectivity index (χ0v) is 11.1. The summed E-state index contributed by atoms with van der Waals surface area (Å²) in [5, 5.41) is 8.19. The number of hydrogen-bond donors (Lipinski definition) is 3. The molecule has 3 N–H and O–H groups in total. The van der Waals surface area contributed by atoms with E-state index in [-0.39, 0.29) is 24.0 Å². The zero-order chi connectivity index (χ0) is 15.2. The van der Waals surface area contributed by atoms with Crippen LogP contribution < -0.4 is 20.7 Å². The summed E-state index contributed by atoms with van der Waals surface area (Å²) in [6.07, 6.45) is 0.00111. The number of nitrogens with one attached hydrogen (secondary N) is 3. The molecule has 0 spiro atoms. The molecule has 1 atom stereocenters. The predicted octanol–water partition coefficient (Wildman–Crippen LogP) is 0.705. The molecule has 1 heterocycles. The average Bonchev–Trinajstić information content (AvgIpc) is 2.43. The lowest BCUT2D eigenvalue weighted by molar-refractivity contribution is -0.127. The summed E-state index contributed by atoms with van der Waals surface area (Å²) >= 11 is 0. The molecular weight excluding hydrogens is 284 g/mol. The van der Waals surface area contributed by atoms with E-state index in [2.05, 4.69) is 20.7 Å². The number of halogens is 2. The third kappa shape index (κ3) is 4.67. The highest BCUT2D eigenvalue weighted by atomic mass is 19.3. The van der Waals surface area contributed by atoms with Crippen molar-refractivity contribution in [3.05, 3.63) is 24.3 Å². The first kappa shape index (κ1) is 15.2. The lowest BCUT2D eigenvalue weighted by atomic mass is 10.1. The van der Waals surface area contributed by atoms with E-state index >= 15 is 0 Å². The van der Waals surface area contributed by atoms with Crippen LogP contribution in [0.1, 0.15) is 6.42 Å². The monoisotopic (exact) mass is 299 g/mol. The predicted molar refractivity (Wildman–Crippen MR) is 71.1 cm³/mol. The SMILES string of the molecule is O=C(CC1NCCNC1=O)Nc1ccc(OC(F)F)cc1. The van der Waals surface area contributed by atoms with Crippen LogP contribution in [-0.2, 0) is 9.59 Å². The van der Waals surface area contributed by atoms with Crippen molar-refractivity contribution in [1.82, 2.24) is 10.6 Å². The van der Waals surface area contributed by atoms with Crippen LogP contribution in [0.2, 0.25) is 0 Å². The lowest BCUT2D eigenvalue weighted by Crippen LogP contribution is -2.53. The quantitative estimate of drug-likeness (QED) is 0.748. The number of rotatable bonds is 5. The molecule has 0 saturated carbocycles. The number of anilines is 1. The van der Waals surface area contributed by atoms with Crippen molar-refractivity contribution in [3.63, 3.8) is 0 Å². The molecule has 114 valence electrons. The number of hydrogen-bond acceptors (Lipinski definition) is 4. The molecule has 0 bridgehead atoms. The molecule has 1 aromatic rings. The molecule has 1 aliphatic rings. The number of piperazine rings is 1. The Morgan fingerprint density at radius 3 is 2.67 bits per heavy atom. The average molecular weight is 299 g/mol. The molecule has 0 aliphatic carbocycles. The highest BCUT2D eigenvalue weighted by Gasteiger charge is 2.23. The maximum atomic E-state index is 12.0. The molecule has 0 aromatic heterocycles. The van der Waals surface area contributed by atoms with Gasteiger partial charge in [-0.05, 0) is 24.3 Å². The second-order valence-electron chi connectivity index (χ2n) is 4.45. The van der Waals surface area contributed by atoms with Crippen molar-refractivity contribution >= 4 is 17.5 Å². The van der Waals surface area contributed by atoms with Crippen molar-refractivity contribution in [3.8, 4) is 5.75 Å². The molecule has 8 heteroatoms. The topological polar surface area (TPSA) is 79.5 Å². The maximum Gasteiger partial charge on any atom is 0.387 e. The second-order valence-corrected chi connectivity index (χ2v) is 4.45. The zero-order valence-electron chi connectivity index (χ0n) is 11.1. The lowest BCUT2D eigenvalue weighted by Gasteiger charge is -2.22. The van der Waals surface area contributed by atoms with Gasteiger partial charge in [0, 0.05) is 18.8 Å². The van der Waals surface area contributed by atoms with Gasteiger partial charge in [-0.2, -0.15) is 8.78 Å². The van der Waals surface area contributed by atoms with E-state index in [0.29, 0.717) is 18.8 Å². The molecule has 2 rings (SSSR count). The minimum absolute atomic E-state index is 0.00111. The fourth-order valence-corrected chi connectivity index (χ4v) is 1.93. The van der Waals surface area contributed by atoms with Gasteiger partial charge >= 0.3 is 6.61 Å². The summed E-state index contributed by atoms with van der Waals surface area (Å²) in [7, 11) is 0. The molecule has 21 heavy (non-hydrogen) atoms. The first-order chi connectivity index (χ1) is 10.0. The standard InChI is InChI=1S/C13H15F2N3O3/c14-13(15)21-9-3-1-8(2-4-9)18-11(19)7-10-12(20)17-6-5-16-10/h1-4,10,13,16H,5-7H2,(H,17,20)(H,18,19). The Labute approximate surface area is 119 Å². The summed E-state index contributed by atoms with van der Waals surface area (Å²) in [4.78, 5) is 23.3. The minimum Gasteiger partial charge on any atom is -0.435 e. The fourth-order valence-electron chi connectivity index (χ4n) is 1.93. The van der Waals surface area contributed by atoms with Gasteiger partial charge in [-0.3, -0.25) is 9.59 Å². The summed E-state index contributed by atoms with van der Waals surface area (Å²) in [6.45, 7) is -1.73. The van der Waals surface area contributed by atoms with Crippen molar-refractivity contribution in [2.45, 2.75) is 19.1 Å². The van der Waals surface area contributed by atoms with E-state index in [9.17, 15) is 18.4 Å². The van der Waals surface area contributed by atoms with Crippen molar-refractivity contribution < 1.29 is 23.1 Å². The highest BCUT2D eigenvalue weighted by Crippen LogP contribution is 2.17. The van der Waals surface area contributed by atoms with E-state index in [0.717, 1.165) is 0 Å². The Morgan fingerprint density at radius 1 is 1.33 bits per heavy atom. The van der Waals surface area contributed by atoms with Gasteiger partial charge in [0.05, 0.1) is 12.5 Å². The molecule has 1 fully saturated rings. The Kier molecular flexibility index (Phi) is 5.04. The summed E-state index contributed by atoms with van der Waals surface area (Å²) in [5.74, 6) is -0.541. The van der Waals surface area contributed by atoms with E-state index in [1.165, 1.54) is 24.3 Å². The first-order valence-corrected chi connectivity index (χ1v) is 6.40. The van der Waals surface area contributed by atoms with Gasteiger partial charge < -0.3 is 20.7 Å². The first-order valence-electron chi connectivity index (χ1n) is 6.40. The molecule has 2 amide bonds. The second kappa shape index (κ2) is 6.98. The van der Waals surface area contributed by atoms with Crippen LogP contribution in [-0.4, -0.2) is 37.6 Å². The van der Waals surface area contributed by atoms with Gasteiger partial charge in [0.25, 0.3) is 0 Å². The normalized spacial score (nSPS) is 18.2. The van der Waals surface area contributed by atoms with Gasteiger partial charge in [0.2, 0.25) is 11.8 Å². The number of alkyl halides is 2. The van der Waals surface area contributed by atoms with Crippen LogP contribution >= 0.6 is 0 Å². The van der Waals surface area contributed by atoms with Gasteiger partial charge in [0.15, 0.2) is 0 Å². The third-order valence-corrected chi connectivity index (χ3v) is 2.88. The number of carbonyl (C=O) groups excluding carboxylic acids is 2. The Morgan fingerprint density at radius 2 is 2.05 bits per heavy atom. The molecule has 1 aromatic carbocycles. The largest absolute Gasteiger partial charge is 0.435 e. The number of ether oxygens (including phenoxy) is 1. The number of amides is 2. The highest BCUT2D eigenvalue weighted by molar-refractivity contribution is 5.95. The third-order valence-electron chi connectivity index (χ3n) is 2.88. The van der Waals surface area contributed by atoms with Gasteiger partial charge in [-0.15, -0.1) is 0 Å². The van der Waals surface area contributed by atoms with Crippen molar-refractivity contribution in [1.29, 1.82) is 0 Å². The van der Waals surface area contributed by atoms with Crippen molar-refractivity contribution in [2.75, 3.05) is 18.4 Å². The van der Waals surface area contributed by atoms with Crippen LogP contribution in [0.15, 0.2) is 24.3 Å². The van der Waals surface area contributed by atoms with Crippen LogP contribution in [0.3, 0.4) is 0 Å². The summed E-state index contributed by atoms with van der Waals surface area (Å²) in [6, 6.07) is 4.99.